The van der Waals surface area contributed by atoms with Crippen molar-refractivity contribution < 1.29 is 9.66 Å². The maximum Gasteiger partial charge on any atom is 0.275 e. The summed E-state index contributed by atoms with van der Waals surface area (Å²) in [6.07, 6.45) is 0.959. The molecule has 0 spiro atoms. The molecule has 2 aromatic rings. The Morgan fingerprint density at radius 3 is 2.40 bits per heavy atom. The first-order valence-corrected chi connectivity index (χ1v) is 6.36. The van der Waals surface area contributed by atoms with Gasteiger partial charge in [-0.1, -0.05) is 19.1 Å². The Kier molecular flexibility index (Phi) is 4.20. The summed E-state index contributed by atoms with van der Waals surface area (Å²) < 4.78 is 5.67. The lowest BCUT2D eigenvalue weighted by atomic mass is 10.2. The number of anilines is 1. The second-order valence-electron chi connectivity index (χ2n) is 4.32. The van der Waals surface area contributed by atoms with E-state index in [4.69, 9.17) is 4.74 Å². The molecule has 0 atom stereocenters. The van der Waals surface area contributed by atoms with Gasteiger partial charge < -0.3 is 10.1 Å². The smallest absolute Gasteiger partial charge is 0.275 e. The molecule has 5 nitrogen and oxygen atoms in total. The minimum atomic E-state index is -0.437. The van der Waals surface area contributed by atoms with Gasteiger partial charge in [-0.2, -0.15) is 0 Å². The van der Waals surface area contributed by atoms with E-state index in [9.17, 15) is 10.1 Å². The summed E-state index contributed by atoms with van der Waals surface area (Å²) in [6, 6.07) is 12.3. The van der Waals surface area contributed by atoms with Crippen molar-refractivity contribution in [1.29, 1.82) is 0 Å². The summed E-state index contributed by atoms with van der Waals surface area (Å²) >= 11 is 0. The largest absolute Gasteiger partial charge is 0.457 e. The highest BCUT2D eigenvalue weighted by Gasteiger charge is 2.10. The fraction of sp³-hybridized carbons (Fsp3) is 0.200. The Balaban J connectivity index is 2.27. The van der Waals surface area contributed by atoms with Crippen molar-refractivity contribution in [2.24, 2.45) is 0 Å². The molecule has 0 heterocycles. The average Bonchev–Trinajstić information content (AvgIpc) is 2.47. The van der Waals surface area contributed by atoms with E-state index in [0.29, 0.717) is 17.2 Å². The molecule has 104 valence electrons. The zero-order chi connectivity index (χ0) is 14.5. The number of benzene rings is 2. The monoisotopic (exact) mass is 272 g/mol. The summed E-state index contributed by atoms with van der Waals surface area (Å²) in [7, 11) is 1.71. The van der Waals surface area contributed by atoms with Gasteiger partial charge in [0.1, 0.15) is 11.5 Å². The van der Waals surface area contributed by atoms with Crippen LogP contribution in [0.3, 0.4) is 0 Å². The number of rotatable bonds is 5. The number of nitrogens with one attached hydrogen (secondary N) is 1. The number of nitro benzene ring substituents is 1. The van der Waals surface area contributed by atoms with Gasteiger partial charge >= 0.3 is 0 Å². The minimum absolute atomic E-state index is 0.00275. The van der Waals surface area contributed by atoms with Crippen molar-refractivity contribution in [1.82, 2.24) is 0 Å². The summed E-state index contributed by atoms with van der Waals surface area (Å²) in [4.78, 5) is 10.4. The Morgan fingerprint density at radius 1 is 1.15 bits per heavy atom. The summed E-state index contributed by atoms with van der Waals surface area (Å²) in [5.74, 6) is 1.09. The van der Waals surface area contributed by atoms with Crippen LogP contribution in [0.15, 0.2) is 42.5 Å². The van der Waals surface area contributed by atoms with E-state index in [0.717, 1.165) is 6.42 Å². The predicted molar refractivity (Wildman–Crippen MR) is 78.5 cm³/mol. The van der Waals surface area contributed by atoms with E-state index >= 15 is 0 Å². The number of hydrogen-bond donors (Lipinski definition) is 1. The first kappa shape index (κ1) is 13.9. The van der Waals surface area contributed by atoms with Gasteiger partial charge in [-0.25, -0.2) is 0 Å². The molecule has 5 heteroatoms. The molecule has 0 saturated heterocycles. The van der Waals surface area contributed by atoms with Crippen molar-refractivity contribution in [3.63, 3.8) is 0 Å². The molecule has 2 aromatic carbocycles. The first-order chi connectivity index (χ1) is 9.62. The Hall–Kier alpha value is -2.56. The lowest BCUT2D eigenvalue weighted by molar-refractivity contribution is -0.384. The third-order valence-electron chi connectivity index (χ3n) is 2.96. The van der Waals surface area contributed by atoms with Gasteiger partial charge in [-0.05, 0) is 24.1 Å². The fourth-order valence-electron chi connectivity index (χ4n) is 1.82. The Bertz CT molecular complexity index is 609. The molecule has 0 radical (unpaired) electrons. The molecule has 0 unspecified atom stereocenters. The lowest BCUT2D eigenvalue weighted by Gasteiger charge is -2.08. The first-order valence-electron chi connectivity index (χ1n) is 6.36. The molecule has 0 aliphatic heterocycles. The molecule has 0 amide bonds. The van der Waals surface area contributed by atoms with Crippen LogP contribution in [0.5, 0.6) is 11.5 Å². The van der Waals surface area contributed by atoms with E-state index in [1.807, 2.05) is 24.3 Å². The van der Waals surface area contributed by atoms with Gasteiger partial charge in [0.25, 0.3) is 5.69 Å². The van der Waals surface area contributed by atoms with Gasteiger partial charge in [0.05, 0.1) is 11.0 Å². The van der Waals surface area contributed by atoms with Crippen molar-refractivity contribution in [3.05, 3.63) is 58.1 Å². The lowest BCUT2D eigenvalue weighted by Crippen LogP contribution is -1.94. The Morgan fingerprint density at radius 2 is 1.85 bits per heavy atom. The van der Waals surface area contributed by atoms with E-state index in [2.05, 4.69) is 12.2 Å². The van der Waals surface area contributed by atoms with Crippen molar-refractivity contribution in [3.8, 4) is 11.5 Å². The van der Waals surface area contributed by atoms with Crippen LogP contribution in [-0.4, -0.2) is 12.0 Å². The molecular formula is C15H16N2O3. The zero-order valence-electron chi connectivity index (χ0n) is 11.4. The van der Waals surface area contributed by atoms with Crippen LogP contribution in [0.25, 0.3) is 0 Å². The van der Waals surface area contributed by atoms with Crippen LogP contribution in [0.1, 0.15) is 12.5 Å². The molecule has 0 aliphatic carbocycles. The number of nitrogens with zero attached hydrogens (tertiary/aromatic N) is 1. The summed E-state index contributed by atoms with van der Waals surface area (Å²) in [5.41, 5.74) is 1.85. The van der Waals surface area contributed by atoms with Gasteiger partial charge in [0.15, 0.2) is 0 Å². The van der Waals surface area contributed by atoms with Crippen molar-refractivity contribution >= 4 is 11.4 Å². The number of aryl methyl sites for hydroxylation is 1. The molecule has 1 N–H and O–H groups in total. The summed E-state index contributed by atoms with van der Waals surface area (Å²) in [5, 5.41) is 13.8. The molecule has 0 aromatic heterocycles. The maximum absolute atomic E-state index is 10.9. The standard InChI is InChI=1S/C15H16N2O3/c1-3-11-4-6-14(7-5-11)20-15-9-12(16-2)8-13(10-15)17(18)19/h4-10,16H,3H2,1-2H3. The van der Waals surface area contributed by atoms with E-state index in [1.165, 1.54) is 17.7 Å². The molecule has 2 rings (SSSR count). The fourth-order valence-corrected chi connectivity index (χ4v) is 1.82. The third-order valence-corrected chi connectivity index (χ3v) is 2.96. The second kappa shape index (κ2) is 6.06. The van der Waals surface area contributed by atoms with Gasteiger partial charge in [-0.3, -0.25) is 10.1 Å². The molecule has 0 fully saturated rings. The zero-order valence-corrected chi connectivity index (χ0v) is 11.4. The van der Waals surface area contributed by atoms with Crippen LogP contribution in [0.2, 0.25) is 0 Å². The van der Waals surface area contributed by atoms with E-state index in [1.54, 1.807) is 13.1 Å². The predicted octanol–water partition coefficient (Wildman–Crippen LogP) is 3.99. The molecule has 0 saturated carbocycles. The minimum Gasteiger partial charge on any atom is -0.457 e. The van der Waals surface area contributed by atoms with E-state index in [-0.39, 0.29) is 5.69 Å². The maximum atomic E-state index is 10.9. The van der Waals surface area contributed by atoms with E-state index < -0.39 is 4.92 Å². The van der Waals surface area contributed by atoms with Gasteiger partial charge in [0.2, 0.25) is 0 Å². The van der Waals surface area contributed by atoms with Crippen LogP contribution < -0.4 is 10.1 Å². The molecular weight excluding hydrogens is 256 g/mol. The average molecular weight is 272 g/mol. The highest BCUT2D eigenvalue weighted by molar-refractivity contribution is 5.56. The quantitative estimate of drug-likeness (QED) is 0.660. The number of ether oxygens (including phenoxy) is 1. The topological polar surface area (TPSA) is 64.4 Å². The third kappa shape index (κ3) is 3.26. The SMILES string of the molecule is CCc1ccc(Oc2cc(NC)cc([N+](=O)[O-])c2)cc1. The molecule has 0 aliphatic rings. The normalized spacial score (nSPS) is 10.1. The number of nitro groups is 1. The van der Waals surface area contributed by atoms with Crippen LogP contribution in [-0.2, 0) is 6.42 Å². The van der Waals surface area contributed by atoms with Crippen LogP contribution >= 0.6 is 0 Å². The second-order valence-corrected chi connectivity index (χ2v) is 4.32. The Labute approximate surface area is 117 Å². The van der Waals surface area contributed by atoms with Crippen molar-refractivity contribution in [2.45, 2.75) is 13.3 Å². The number of hydrogen-bond acceptors (Lipinski definition) is 4. The highest BCUT2D eigenvalue weighted by atomic mass is 16.6. The molecule has 0 bridgehead atoms. The molecule has 20 heavy (non-hydrogen) atoms. The van der Waals surface area contributed by atoms with Crippen LogP contribution in [0, 0.1) is 10.1 Å². The van der Waals surface area contributed by atoms with Crippen LogP contribution in [0.4, 0.5) is 11.4 Å². The highest BCUT2D eigenvalue weighted by Crippen LogP contribution is 2.29. The number of non-ortho nitro benzene ring substituents is 1. The van der Waals surface area contributed by atoms with Gasteiger partial charge in [-0.15, -0.1) is 0 Å². The van der Waals surface area contributed by atoms with Gasteiger partial charge in [0, 0.05) is 24.9 Å². The van der Waals surface area contributed by atoms with Crippen molar-refractivity contribution in [2.75, 3.05) is 12.4 Å². The summed E-state index contributed by atoms with van der Waals surface area (Å²) in [6.45, 7) is 2.08.